The summed E-state index contributed by atoms with van der Waals surface area (Å²) >= 11 is 0. The maximum atomic E-state index is 13.6. The Morgan fingerprint density at radius 2 is 1.56 bits per heavy atom. The number of aryl methyl sites for hydroxylation is 3. The molecule has 0 saturated heterocycles. The Morgan fingerprint density at radius 1 is 1.00 bits per heavy atom. The van der Waals surface area contributed by atoms with Crippen molar-refractivity contribution in [2.24, 2.45) is 0 Å². The van der Waals surface area contributed by atoms with Gasteiger partial charge in [0.15, 0.2) is 0 Å². The quantitative estimate of drug-likeness (QED) is 0.615. The fourth-order valence-corrected chi connectivity index (χ4v) is 4.80. The van der Waals surface area contributed by atoms with Crippen LogP contribution in [0.4, 0.5) is 5.69 Å². The fraction of sp³-hybridized carbons (Fsp3) is 0.462. The van der Waals surface area contributed by atoms with Crippen LogP contribution >= 0.6 is 0 Å². The number of carbonyl (C=O) groups excluding carboxylic acids is 2. The molecular weight excluding hydrogens is 450 g/mol. The Balaban J connectivity index is 2.47. The van der Waals surface area contributed by atoms with E-state index < -0.39 is 34.1 Å². The highest BCUT2D eigenvalue weighted by atomic mass is 32.2. The van der Waals surface area contributed by atoms with Gasteiger partial charge in [-0.05, 0) is 65.2 Å². The maximum Gasteiger partial charge on any atom is 0.244 e. The van der Waals surface area contributed by atoms with Crippen molar-refractivity contribution in [3.05, 3.63) is 64.7 Å². The Kier molecular flexibility index (Phi) is 8.53. The normalized spacial score (nSPS) is 12.7. The van der Waals surface area contributed by atoms with E-state index in [1.807, 2.05) is 84.0 Å². The number of hydrogen-bond acceptors (Lipinski definition) is 4. The van der Waals surface area contributed by atoms with E-state index in [1.54, 1.807) is 6.92 Å². The SMILES string of the molecule is Cc1cccc(CN(C(=O)CN(c2c(C)cccc2C)S(C)(=O)=O)[C@H](C)C(=O)NC(C)(C)C)c1. The highest BCUT2D eigenvalue weighted by molar-refractivity contribution is 7.92. The van der Waals surface area contributed by atoms with Crippen molar-refractivity contribution in [2.75, 3.05) is 17.1 Å². The molecule has 0 aliphatic carbocycles. The zero-order valence-electron chi connectivity index (χ0n) is 21.5. The number of amides is 2. The van der Waals surface area contributed by atoms with Crippen molar-refractivity contribution in [3.8, 4) is 0 Å². The minimum atomic E-state index is -3.76. The molecule has 2 aromatic carbocycles. The molecule has 1 N–H and O–H groups in total. The van der Waals surface area contributed by atoms with E-state index in [9.17, 15) is 18.0 Å². The minimum Gasteiger partial charge on any atom is -0.350 e. The maximum absolute atomic E-state index is 13.6. The van der Waals surface area contributed by atoms with Gasteiger partial charge in [-0.2, -0.15) is 0 Å². The van der Waals surface area contributed by atoms with Gasteiger partial charge < -0.3 is 10.2 Å². The smallest absolute Gasteiger partial charge is 0.244 e. The molecule has 2 rings (SSSR count). The molecule has 0 saturated carbocycles. The third kappa shape index (κ3) is 7.32. The number of benzene rings is 2. The molecule has 0 aliphatic rings. The van der Waals surface area contributed by atoms with Crippen molar-refractivity contribution in [1.82, 2.24) is 10.2 Å². The Labute approximate surface area is 204 Å². The lowest BCUT2D eigenvalue weighted by Crippen LogP contribution is -2.54. The minimum absolute atomic E-state index is 0.184. The first-order valence-electron chi connectivity index (χ1n) is 11.3. The van der Waals surface area contributed by atoms with E-state index in [1.165, 1.54) is 4.90 Å². The van der Waals surface area contributed by atoms with Gasteiger partial charge >= 0.3 is 0 Å². The lowest BCUT2D eigenvalue weighted by Gasteiger charge is -2.33. The number of rotatable bonds is 8. The van der Waals surface area contributed by atoms with Gasteiger partial charge in [-0.3, -0.25) is 13.9 Å². The van der Waals surface area contributed by atoms with Gasteiger partial charge in [0.05, 0.1) is 11.9 Å². The molecule has 1 atom stereocenters. The summed E-state index contributed by atoms with van der Waals surface area (Å²) in [6.07, 6.45) is 1.09. The number of carbonyl (C=O) groups is 2. The van der Waals surface area contributed by atoms with Crippen LogP contribution in [0.2, 0.25) is 0 Å². The van der Waals surface area contributed by atoms with Crippen LogP contribution in [0.1, 0.15) is 49.9 Å². The van der Waals surface area contributed by atoms with Gasteiger partial charge in [0.2, 0.25) is 21.8 Å². The summed E-state index contributed by atoms with van der Waals surface area (Å²) in [5.74, 6) is -0.752. The number of nitrogens with one attached hydrogen (secondary N) is 1. The average Bonchev–Trinajstić information content (AvgIpc) is 2.68. The fourth-order valence-electron chi connectivity index (χ4n) is 3.84. The number of sulfonamides is 1. The van der Waals surface area contributed by atoms with Crippen LogP contribution < -0.4 is 9.62 Å². The summed E-state index contributed by atoms with van der Waals surface area (Å²) in [5.41, 5.74) is 3.41. The van der Waals surface area contributed by atoms with Crippen LogP contribution in [-0.4, -0.2) is 49.5 Å². The lowest BCUT2D eigenvalue weighted by molar-refractivity contribution is -0.140. The van der Waals surface area contributed by atoms with E-state index in [-0.39, 0.29) is 12.5 Å². The molecule has 0 aliphatic heterocycles. The van der Waals surface area contributed by atoms with Crippen LogP contribution in [0.25, 0.3) is 0 Å². The van der Waals surface area contributed by atoms with Gasteiger partial charge in [0.25, 0.3) is 0 Å². The first kappa shape index (κ1) is 27.4. The van der Waals surface area contributed by atoms with Crippen molar-refractivity contribution in [3.63, 3.8) is 0 Å². The van der Waals surface area contributed by atoms with E-state index in [0.29, 0.717) is 5.69 Å². The van der Waals surface area contributed by atoms with Crippen LogP contribution in [0.5, 0.6) is 0 Å². The van der Waals surface area contributed by atoms with E-state index in [0.717, 1.165) is 32.8 Å². The van der Waals surface area contributed by atoms with Gasteiger partial charge in [-0.25, -0.2) is 8.42 Å². The molecule has 0 aromatic heterocycles. The summed E-state index contributed by atoms with van der Waals surface area (Å²) in [6, 6.07) is 12.4. The molecule has 0 radical (unpaired) electrons. The largest absolute Gasteiger partial charge is 0.350 e. The monoisotopic (exact) mass is 487 g/mol. The summed E-state index contributed by atoms with van der Waals surface area (Å²) in [5, 5.41) is 2.92. The highest BCUT2D eigenvalue weighted by Crippen LogP contribution is 2.27. The standard InChI is InChI=1S/C26H37N3O4S/c1-18-11-9-14-22(15-18)16-28(21(4)25(31)27-26(5,6)7)23(30)17-29(34(8,32)33)24-19(2)12-10-13-20(24)3/h9-15,21H,16-17H2,1-8H3,(H,27,31)/t21-/m1/s1. The first-order valence-corrected chi connectivity index (χ1v) is 13.2. The third-order valence-electron chi connectivity index (χ3n) is 5.47. The summed E-state index contributed by atoms with van der Waals surface area (Å²) in [7, 11) is -3.76. The Morgan fingerprint density at radius 3 is 2.06 bits per heavy atom. The lowest BCUT2D eigenvalue weighted by atomic mass is 10.1. The molecule has 2 amide bonds. The second-order valence-corrected chi connectivity index (χ2v) is 11.8. The van der Waals surface area contributed by atoms with Gasteiger partial charge in [0, 0.05) is 12.1 Å². The molecule has 0 bridgehead atoms. The van der Waals surface area contributed by atoms with Gasteiger partial charge in [-0.1, -0.05) is 48.0 Å². The molecule has 8 heteroatoms. The van der Waals surface area contributed by atoms with Gasteiger partial charge in [-0.15, -0.1) is 0 Å². The molecule has 34 heavy (non-hydrogen) atoms. The Hall–Kier alpha value is -2.87. The zero-order valence-corrected chi connectivity index (χ0v) is 22.3. The number of hydrogen-bond donors (Lipinski definition) is 1. The topological polar surface area (TPSA) is 86.8 Å². The Bertz CT molecular complexity index is 1130. The van der Waals surface area contributed by atoms with Crippen LogP contribution in [0.3, 0.4) is 0 Å². The van der Waals surface area contributed by atoms with Gasteiger partial charge in [0.1, 0.15) is 12.6 Å². The molecule has 0 unspecified atom stereocenters. The highest BCUT2D eigenvalue weighted by Gasteiger charge is 2.32. The second kappa shape index (κ2) is 10.6. The molecule has 186 valence electrons. The predicted octanol–water partition coefficient (Wildman–Crippen LogP) is 3.71. The van der Waals surface area contributed by atoms with E-state index in [2.05, 4.69) is 5.32 Å². The molecule has 0 heterocycles. The predicted molar refractivity (Wildman–Crippen MR) is 137 cm³/mol. The molecular formula is C26H37N3O4S. The van der Waals surface area contributed by atoms with Crippen molar-refractivity contribution in [1.29, 1.82) is 0 Å². The summed E-state index contributed by atoms with van der Waals surface area (Å²) < 4.78 is 26.7. The molecule has 0 spiro atoms. The average molecular weight is 488 g/mol. The zero-order chi connectivity index (χ0) is 25.8. The molecule has 2 aromatic rings. The van der Waals surface area contributed by atoms with Crippen LogP contribution in [0, 0.1) is 20.8 Å². The third-order valence-corrected chi connectivity index (χ3v) is 6.58. The van der Waals surface area contributed by atoms with E-state index in [4.69, 9.17) is 0 Å². The number of para-hydroxylation sites is 1. The first-order chi connectivity index (χ1) is 15.6. The molecule has 0 fully saturated rings. The second-order valence-electron chi connectivity index (χ2n) is 9.94. The number of anilines is 1. The van der Waals surface area contributed by atoms with E-state index >= 15 is 0 Å². The summed E-state index contributed by atoms with van der Waals surface area (Å²) in [4.78, 5) is 28.1. The van der Waals surface area contributed by atoms with Crippen molar-refractivity contribution in [2.45, 2.75) is 66.6 Å². The van der Waals surface area contributed by atoms with Crippen molar-refractivity contribution >= 4 is 27.5 Å². The number of nitrogens with zero attached hydrogens (tertiary/aromatic N) is 2. The van der Waals surface area contributed by atoms with Crippen molar-refractivity contribution < 1.29 is 18.0 Å². The molecule has 7 nitrogen and oxygen atoms in total. The van der Waals surface area contributed by atoms with Crippen LogP contribution in [-0.2, 0) is 26.2 Å². The summed E-state index contributed by atoms with van der Waals surface area (Å²) in [6.45, 7) is 12.7. The van der Waals surface area contributed by atoms with Crippen LogP contribution in [0.15, 0.2) is 42.5 Å².